The molecule has 0 aromatic carbocycles. The smallest absolute Gasteiger partial charge is 0.323 e. The highest BCUT2D eigenvalue weighted by atomic mass is 16.4. The molecule has 0 bridgehead atoms. The summed E-state index contributed by atoms with van der Waals surface area (Å²) in [7, 11) is 0. The number of hydrogen-bond donors (Lipinski definition) is 3. The van der Waals surface area contributed by atoms with E-state index in [4.69, 9.17) is 10.2 Å². The molecular weight excluding hydrogens is 158 g/mol. The van der Waals surface area contributed by atoms with Gasteiger partial charge in [-0.2, -0.15) is 0 Å². The number of carboxylic acids is 1. The lowest BCUT2D eigenvalue weighted by Crippen LogP contribution is -2.40. The molecule has 3 N–H and O–H groups in total. The Morgan fingerprint density at radius 1 is 1.67 bits per heavy atom. The van der Waals surface area contributed by atoms with Gasteiger partial charge in [0.25, 0.3) is 0 Å². The molecule has 0 heterocycles. The van der Waals surface area contributed by atoms with Gasteiger partial charge in [0.15, 0.2) is 0 Å². The minimum absolute atomic E-state index is 0.372. The Balaban J connectivity index is 3.44. The zero-order valence-corrected chi connectivity index (χ0v) is 6.99. The van der Waals surface area contributed by atoms with Gasteiger partial charge in [0.05, 0.1) is 6.61 Å². The Kier molecular flexibility index (Phi) is 6.32. The molecule has 0 aliphatic carbocycles. The maximum absolute atomic E-state index is 10.4. The molecule has 0 aliphatic heterocycles. The molecule has 0 amide bonds. The largest absolute Gasteiger partial charge is 0.480 e. The van der Waals surface area contributed by atoms with Gasteiger partial charge in [-0.1, -0.05) is 6.08 Å². The lowest BCUT2D eigenvalue weighted by molar-refractivity contribution is -0.140. The number of carboxylic acid groups (broad SMARTS) is 1. The third-order valence-electron chi connectivity index (χ3n) is 1.46. The van der Waals surface area contributed by atoms with Gasteiger partial charge in [0.1, 0.15) is 6.04 Å². The molecule has 0 aromatic heterocycles. The summed E-state index contributed by atoms with van der Waals surface area (Å²) in [5, 5.41) is 19.8. The zero-order valence-electron chi connectivity index (χ0n) is 6.99. The van der Waals surface area contributed by atoms with Gasteiger partial charge < -0.3 is 15.5 Å². The molecule has 0 spiro atoms. The first-order valence-corrected chi connectivity index (χ1v) is 3.90. The van der Waals surface area contributed by atoms with Crippen LogP contribution in [0.1, 0.15) is 12.8 Å². The summed E-state index contributed by atoms with van der Waals surface area (Å²) in [5.74, 6) is -1.02. The summed E-state index contributed by atoms with van der Waals surface area (Å²) in [4.78, 5) is 10.4. The van der Waals surface area contributed by atoms with E-state index in [1.54, 1.807) is 6.08 Å². The second-order valence-corrected chi connectivity index (χ2v) is 2.46. The molecule has 0 aliphatic rings. The summed E-state index contributed by atoms with van der Waals surface area (Å²) in [6, 6.07) is -0.838. The SMILES string of the molecule is C=CCCCN[C@@H](CO)C(=O)O. The summed E-state index contributed by atoms with van der Waals surface area (Å²) >= 11 is 0. The van der Waals surface area contributed by atoms with E-state index in [2.05, 4.69) is 11.9 Å². The fraction of sp³-hybridized carbons (Fsp3) is 0.625. The van der Waals surface area contributed by atoms with Crippen LogP contribution in [0.15, 0.2) is 12.7 Å². The second kappa shape index (κ2) is 6.82. The van der Waals surface area contributed by atoms with Crippen LogP contribution in [0, 0.1) is 0 Å². The number of aliphatic hydroxyl groups excluding tert-OH is 1. The van der Waals surface area contributed by atoms with Gasteiger partial charge in [0, 0.05) is 0 Å². The van der Waals surface area contributed by atoms with Crippen LogP contribution >= 0.6 is 0 Å². The van der Waals surface area contributed by atoms with Gasteiger partial charge in [-0.05, 0) is 19.4 Å². The van der Waals surface area contributed by atoms with Crippen molar-refractivity contribution < 1.29 is 15.0 Å². The van der Waals surface area contributed by atoms with Gasteiger partial charge in [-0.3, -0.25) is 4.79 Å². The number of carbonyl (C=O) groups is 1. The van der Waals surface area contributed by atoms with Crippen LogP contribution in [0.4, 0.5) is 0 Å². The standard InChI is InChI=1S/C8H15NO3/c1-2-3-4-5-9-7(6-10)8(11)12/h2,7,9-10H,1,3-6H2,(H,11,12)/t7-/m0/s1. The van der Waals surface area contributed by atoms with Gasteiger partial charge >= 0.3 is 5.97 Å². The van der Waals surface area contributed by atoms with Crippen molar-refractivity contribution in [1.82, 2.24) is 5.32 Å². The summed E-state index contributed by atoms with van der Waals surface area (Å²) in [6.07, 6.45) is 3.47. The number of unbranched alkanes of at least 4 members (excludes halogenated alkanes) is 1. The van der Waals surface area contributed by atoms with E-state index in [9.17, 15) is 4.79 Å². The predicted octanol–water partition coefficient (Wildman–Crippen LogP) is -0.0123. The molecule has 1 atom stereocenters. The normalized spacial score (nSPS) is 12.4. The van der Waals surface area contributed by atoms with Crippen LogP contribution in [0.25, 0.3) is 0 Å². The summed E-state index contributed by atoms with van der Waals surface area (Å²) < 4.78 is 0. The van der Waals surface area contributed by atoms with Crippen LogP contribution in [0.2, 0.25) is 0 Å². The fourth-order valence-electron chi connectivity index (χ4n) is 0.753. The van der Waals surface area contributed by atoms with Gasteiger partial charge in [-0.15, -0.1) is 6.58 Å². The Hall–Kier alpha value is -0.870. The molecule has 0 radical (unpaired) electrons. The van der Waals surface area contributed by atoms with Crippen molar-refractivity contribution in [1.29, 1.82) is 0 Å². The Labute approximate surface area is 71.9 Å². The Morgan fingerprint density at radius 3 is 2.75 bits per heavy atom. The zero-order chi connectivity index (χ0) is 9.40. The first-order valence-electron chi connectivity index (χ1n) is 3.90. The van der Waals surface area contributed by atoms with Crippen LogP contribution < -0.4 is 5.32 Å². The average Bonchev–Trinajstić information content (AvgIpc) is 2.04. The predicted molar refractivity (Wildman–Crippen MR) is 45.9 cm³/mol. The van der Waals surface area contributed by atoms with Crippen molar-refractivity contribution >= 4 is 5.97 Å². The number of hydrogen-bond acceptors (Lipinski definition) is 3. The topological polar surface area (TPSA) is 69.6 Å². The minimum Gasteiger partial charge on any atom is -0.480 e. The van der Waals surface area contributed by atoms with E-state index in [1.165, 1.54) is 0 Å². The van der Waals surface area contributed by atoms with E-state index >= 15 is 0 Å². The number of aliphatic carboxylic acids is 1. The lowest BCUT2D eigenvalue weighted by Gasteiger charge is -2.10. The van der Waals surface area contributed by atoms with Crippen molar-refractivity contribution in [2.45, 2.75) is 18.9 Å². The first-order chi connectivity index (χ1) is 5.72. The number of allylic oxidation sites excluding steroid dienone is 1. The molecule has 70 valence electrons. The van der Waals surface area contributed by atoms with Gasteiger partial charge in [0.2, 0.25) is 0 Å². The maximum atomic E-state index is 10.4. The van der Waals surface area contributed by atoms with E-state index in [1.807, 2.05) is 0 Å². The van der Waals surface area contributed by atoms with Crippen molar-refractivity contribution in [3.63, 3.8) is 0 Å². The van der Waals surface area contributed by atoms with E-state index in [0.29, 0.717) is 6.54 Å². The van der Waals surface area contributed by atoms with Crippen molar-refractivity contribution in [2.24, 2.45) is 0 Å². The lowest BCUT2D eigenvalue weighted by atomic mass is 10.2. The third kappa shape index (κ3) is 4.87. The molecule has 4 nitrogen and oxygen atoms in total. The quantitative estimate of drug-likeness (QED) is 0.374. The number of aliphatic hydroxyl groups is 1. The Morgan fingerprint density at radius 2 is 2.33 bits per heavy atom. The summed E-state index contributed by atoms with van der Waals surface area (Å²) in [6.45, 7) is 3.75. The second-order valence-electron chi connectivity index (χ2n) is 2.46. The highest BCUT2D eigenvalue weighted by Crippen LogP contribution is 1.88. The summed E-state index contributed by atoms with van der Waals surface area (Å²) in [5.41, 5.74) is 0. The molecule has 0 rings (SSSR count). The minimum atomic E-state index is -1.02. The third-order valence-corrected chi connectivity index (χ3v) is 1.46. The molecular formula is C8H15NO3. The van der Waals surface area contributed by atoms with Crippen LogP contribution in [0.5, 0.6) is 0 Å². The molecule has 12 heavy (non-hydrogen) atoms. The van der Waals surface area contributed by atoms with E-state index < -0.39 is 12.0 Å². The molecule has 4 heteroatoms. The maximum Gasteiger partial charge on any atom is 0.323 e. The first kappa shape index (κ1) is 11.1. The molecule has 0 saturated carbocycles. The molecule has 0 saturated heterocycles. The van der Waals surface area contributed by atoms with E-state index in [0.717, 1.165) is 12.8 Å². The Bertz CT molecular complexity index is 147. The average molecular weight is 173 g/mol. The van der Waals surface area contributed by atoms with Crippen molar-refractivity contribution in [3.8, 4) is 0 Å². The van der Waals surface area contributed by atoms with Crippen molar-refractivity contribution in [3.05, 3.63) is 12.7 Å². The van der Waals surface area contributed by atoms with E-state index in [-0.39, 0.29) is 6.61 Å². The van der Waals surface area contributed by atoms with Crippen LogP contribution in [0.3, 0.4) is 0 Å². The monoisotopic (exact) mass is 173 g/mol. The highest BCUT2D eigenvalue weighted by molar-refractivity contribution is 5.73. The van der Waals surface area contributed by atoms with Crippen LogP contribution in [-0.2, 0) is 4.79 Å². The highest BCUT2D eigenvalue weighted by Gasteiger charge is 2.13. The van der Waals surface area contributed by atoms with Gasteiger partial charge in [-0.25, -0.2) is 0 Å². The number of nitrogens with one attached hydrogen (secondary N) is 1. The number of rotatable bonds is 7. The fourth-order valence-corrected chi connectivity index (χ4v) is 0.753. The van der Waals surface area contributed by atoms with Crippen molar-refractivity contribution in [2.75, 3.05) is 13.2 Å². The molecule has 0 aromatic rings. The van der Waals surface area contributed by atoms with Crippen LogP contribution in [-0.4, -0.2) is 35.4 Å². The molecule has 0 unspecified atom stereocenters. The molecule has 0 fully saturated rings.